The molecule has 0 amide bonds. The second-order valence-corrected chi connectivity index (χ2v) is 7.13. The van der Waals surface area contributed by atoms with E-state index >= 15 is 0 Å². The van der Waals surface area contributed by atoms with Crippen LogP contribution in [0.25, 0.3) is 0 Å². The summed E-state index contributed by atoms with van der Waals surface area (Å²) in [7, 11) is 3.05. The van der Waals surface area contributed by atoms with E-state index in [2.05, 4.69) is 21.3 Å². The predicted octanol–water partition coefficient (Wildman–Crippen LogP) is 1.23. The standard InChI is InChI=1S/C20H32N4O7S2/c1-21-19(32)23-14-3-5-15(6-4-14)24-20(33)22-7-8-29-9-10-30-11-12-31-18(28-2)17(27)16(26)13-25/h3-6,18,25-27H,7-13H2,1-2H3,(H2,21,23,32)(H2,22,24,33)/b17-16-/t18-/m1/s1. The Bertz CT molecular complexity index is 750. The molecule has 0 unspecified atom stereocenters. The molecule has 0 fully saturated rings. The number of aliphatic hydroxyl groups excluding tert-OH is 3. The second-order valence-electron chi connectivity index (χ2n) is 6.32. The first-order valence-electron chi connectivity index (χ1n) is 10.1. The van der Waals surface area contributed by atoms with Crippen molar-refractivity contribution in [2.24, 2.45) is 0 Å². The van der Waals surface area contributed by atoms with Gasteiger partial charge in [0, 0.05) is 32.1 Å². The van der Waals surface area contributed by atoms with Gasteiger partial charge in [-0.3, -0.25) is 0 Å². The number of nitrogens with one attached hydrogen (secondary N) is 4. The molecule has 0 saturated heterocycles. The van der Waals surface area contributed by atoms with Gasteiger partial charge < -0.3 is 55.5 Å². The van der Waals surface area contributed by atoms with Crippen molar-refractivity contribution >= 4 is 46.0 Å². The molecule has 0 aliphatic rings. The zero-order valence-corrected chi connectivity index (χ0v) is 20.3. The molecule has 186 valence electrons. The number of benzene rings is 1. The number of hydrogen-bond donors (Lipinski definition) is 7. The minimum Gasteiger partial charge on any atom is -0.506 e. The van der Waals surface area contributed by atoms with E-state index < -0.39 is 24.4 Å². The molecule has 0 bridgehead atoms. The Hall–Kier alpha value is -2.26. The summed E-state index contributed by atoms with van der Waals surface area (Å²) in [4.78, 5) is 0. The predicted molar refractivity (Wildman–Crippen MR) is 134 cm³/mol. The molecule has 1 atom stereocenters. The van der Waals surface area contributed by atoms with Gasteiger partial charge in [0.1, 0.15) is 6.61 Å². The summed E-state index contributed by atoms with van der Waals surface area (Å²) in [6.45, 7) is 1.34. The van der Waals surface area contributed by atoms with Gasteiger partial charge in [0.25, 0.3) is 0 Å². The molecule has 7 N–H and O–H groups in total. The molecular weight excluding hydrogens is 472 g/mol. The third kappa shape index (κ3) is 12.5. The highest BCUT2D eigenvalue weighted by atomic mass is 32.1. The smallest absolute Gasteiger partial charge is 0.219 e. The van der Waals surface area contributed by atoms with Crippen LogP contribution in [0.4, 0.5) is 11.4 Å². The van der Waals surface area contributed by atoms with E-state index in [-0.39, 0.29) is 13.2 Å². The highest BCUT2D eigenvalue weighted by Gasteiger charge is 2.17. The van der Waals surface area contributed by atoms with Crippen LogP contribution in [0.1, 0.15) is 0 Å². The molecule has 1 aromatic carbocycles. The van der Waals surface area contributed by atoms with Crippen molar-refractivity contribution in [3.05, 3.63) is 35.8 Å². The Morgan fingerprint density at radius 1 is 0.909 bits per heavy atom. The molecule has 0 saturated carbocycles. The number of hydrogen-bond acceptors (Lipinski definition) is 9. The Kier molecular flexibility index (Phi) is 15.0. The highest BCUT2D eigenvalue weighted by molar-refractivity contribution is 7.80. The van der Waals surface area contributed by atoms with Crippen LogP contribution in [0.15, 0.2) is 35.8 Å². The lowest BCUT2D eigenvalue weighted by atomic mass is 10.3. The van der Waals surface area contributed by atoms with Crippen LogP contribution in [-0.2, 0) is 18.9 Å². The van der Waals surface area contributed by atoms with Gasteiger partial charge in [-0.2, -0.15) is 0 Å². The number of aliphatic hydroxyl groups is 3. The minimum absolute atomic E-state index is 0.113. The van der Waals surface area contributed by atoms with Crippen molar-refractivity contribution in [2.45, 2.75) is 6.29 Å². The lowest BCUT2D eigenvalue weighted by Gasteiger charge is -2.16. The normalized spacial score (nSPS) is 12.5. The van der Waals surface area contributed by atoms with Gasteiger partial charge >= 0.3 is 0 Å². The molecule has 0 spiro atoms. The lowest BCUT2D eigenvalue weighted by molar-refractivity contribution is -0.131. The lowest BCUT2D eigenvalue weighted by Crippen LogP contribution is -2.31. The Balaban J connectivity index is 2.07. The quantitative estimate of drug-likeness (QED) is 0.0796. The van der Waals surface area contributed by atoms with Crippen molar-refractivity contribution < 1.29 is 34.3 Å². The molecule has 33 heavy (non-hydrogen) atoms. The van der Waals surface area contributed by atoms with Crippen molar-refractivity contribution in [2.75, 3.05) is 71.0 Å². The van der Waals surface area contributed by atoms with Crippen LogP contribution in [-0.4, -0.2) is 92.2 Å². The van der Waals surface area contributed by atoms with E-state index in [9.17, 15) is 10.2 Å². The van der Waals surface area contributed by atoms with Crippen LogP contribution in [0.5, 0.6) is 0 Å². The first kappa shape index (κ1) is 28.8. The van der Waals surface area contributed by atoms with E-state index in [1.807, 2.05) is 24.3 Å². The van der Waals surface area contributed by atoms with Gasteiger partial charge in [0.15, 0.2) is 21.7 Å². The average molecular weight is 505 g/mol. The molecule has 0 aliphatic carbocycles. The van der Waals surface area contributed by atoms with E-state index in [0.717, 1.165) is 11.4 Å². The molecule has 1 rings (SSSR count). The molecule has 0 heterocycles. The number of anilines is 2. The van der Waals surface area contributed by atoms with Crippen molar-refractivity contribution in [1.82, 2.24) is 10.6 Å². The van der Waals surface area contributed by atoms with Crippen LogP contribution >= 0.6 is 24.4 Å². The van der Waals surface area contributed by atoms with E-state index in [1.165, 1.54) is 7.11 Å². The maximum atomic E-state index is 9.60. The Morgan fingerprint density at radius 3 is 2.00 bits per heavy atom. The summed E-state index contributed by atoms with van der Waals surface area (Å²) in [6.07, 6.45) is -1.17. The first-order valence-corrected chi connectivity index (χ1v) is 10.9. The maximum absolute atomic E-state index is 9.60. The summed E-state index contributed by atoms with van der Waals surface area (Å²) in [5.74, 6) is -1.19. The Morgan fingerprint density at radius 2 is 1.45 bits per heavy atom. The Labute approximate surface area is 204 Å². The van der Waals surface area contributed by atoms with E-state index in [4.69, 9.17) is 48.5 Å². The molecule has 0 aromatic heterocycles. The molecule has 1 aromatic rings. The van der Waals surface area contributed by atoms with Gasteiger partial charge in [-0.25, -0.2) is 0 Å². The molecule has 11 nitrogen and oxygen atoms in total. The topological polar surface area (TPSA) is 146 Å². The first-order chi connectivity index (χ1) is 15.9. The van der Waals surface area contributed by atoms with E-state index in [0.29, 0.717) is 36.6 Å². The number of thiocarbonyl (C=S) groups is 2. The number of ether oxygens (including phenoxy) is 4. The zero-order valence-electron chi connectivity index (χ0n) is 18.6. The van der Waals surface area contributed by atoms with Gasteiger partial charge in [-0.1, -0.05) is 0 Å². The molecule has 0 aliphatic heterocycles. The fourth-order valence-electron chi connectivity index (χ4n) is 2.25. The summed E-state index contributed by atoms with van der Waals surface area (Å²) >= 11 is 10.3. The van der Waals surface area contributed by atoms with Gasteiger partial charge in [-0.05, 0) is 48.7 Å². The van der Waals surface area contributed by atoms with Crippen molar-refractivity contribution in [3.63, 3.8) is 0 Å². The minimum atomic E-state index is -1.17. The average Bonchev–Trinajstić information content (AvgIpc) is 2.82. The van der Waals surface area contributed by atoms with E-state index in [1.54, 1.807) is 7.05 Å². The maximum Gasteiger partial charge on any atom is 0.219 e. The van der Waals surface area contributed by atoms with Crippen LogP contribution < -0.4 is 21.3 Å². The number of rotatable bonds is 15. The summed E-state index contributed by atoms with van der Waals surface area (Å²) in [5.41, 5.74) is 1.71. The van der Waals surface area contributed by atoms with Crippen LogP contribution in [0, 0.1) is 0 Å². The number of methoxy groups -OCH3 is 1. The molecule has 13 heteroatoms. The van der Waals surface area contributed by atoms with Crippen molar-refractivity contribution in [3.8, 4) is 0 Å². The third-order valence-electron chi connectivity index (χ3n) is 3.91. The van der Waals surface area contributed by atoms with Gasteiger partial charge in [0.05, 0.1) is 33.0 Å². The fourth-order valence-corrected chi connectivity index (χ4v) is 2.59. The monoisotopic (exact) mass is 504 g/mol. The summed E-state index contributed by atoms with van der Waals surface area (Å²) in [5, 5.41) is 40.7. The molecule has 0 radical (unpaired) electrons. The highest BCUT2D eigenvalue weighted by Crippen LogP contribution is 2.13. The van der Waals surface area contributed by atoms with Crippen molar-refractivity contribution in [1.29, 1.82) is 0 Å². The van der Waals surface area contributed by atoms with Gasteiger partial charge in [-0.15, -0.1) is 0 Å². The van der Waals surface area contributed by atoms with Gasteiger partial charge in [0.2, 0.25) is 6.29 Å². The second kappa shape index (κ2) is 17.2. The summed E-state index contributed by atoms with van der Waals surface area (Å²) < 4.78 is 20.9. The SMILES string of the molecule is CNC(=S)Nc1ccc(NC(=S)NCCOCCOCCO[C@@H](OC)/C(O)=C(/O)CO)cc1. The fraction of sp³-hybridized carbons (Fsp3) is 0.500. The largest absolute Gasteiger partial charge is 0.506 e. The van der Waals surface area contributed by atoms with Crippen LogP contribution in [0.3, 0.4) is 0 Å². The summed E-state index contributed by atoms with van der Waals surface area (Å²) in [6, 6.07) is 7.54. The third-order valence-corrected chi connectivity index (χ3v) is 4.46. The zero-order chi connectivity index (χ0) is 24.5. The van der Waals surface area contributed by atoms with Crippen LogP contribution in [0.2, 0.25) is 0 Å². The molecular formula is C20H32N4O7S2.